The molecule has 6 nitrogen and oxygen atoms in total. The molecule has 0 aliphatic rings. The van der Waals surface area contributed by atoms with Crippen molar-refractivity contribution >= 4 is 20.9 Å². The predicted molar refractivity (Wildman–Crippen MR) is 113 cm³/mol. The highest BCUT2D eigenvalue weighted by atomic mass is 32.2. The highest BCUT2D eigenvalue weighted by molar-refractivity contribution is 7.89. The number of hydrogen-bond donors (Lipinski definition) is 1. The first-order chi connectivity index (χ1) is 13.8. The van der Waals surface area contributed by atoms with Crippen LogP contribution in [-0.4, -0.2) is 42.9 Å². The fraction of sp³-hybridized carbons (Fsp3) is 0.286. The van der Waals surface area contributed by atoms with E-state index in [1.54, 1.807) is 24.5 Å². The lowest BCUT2D eigenvalue weighted by Crippen LogP contribution is -2.22. The molecule has 0 spiro atoms. The number of pyridine rings is 1. The predicted octanol–water partition coefficient (Wildman–Crippen LogP) is 3.00. The Hall–Kier alpha value is -2.55. The Bertz CT molecular complexity index is 1150. The summed E-state index contributed by atoms with van der Waals surface area (Å²) >= 11 is 0. The quantitative estimate of drug-likeness (QED) is 0.642. The average Bonchev–Trinajstić information content (AvgIpc) is 2.94. The van der Waals surface area contributed by atoms with E-state index in [9.17, 15) is 12.8 Å². The molecule has 0 saturated heterocycles. The largest absolute Gasteiger partial charge is 0.338 e. The molecule has 0 saturated carbocycles. The lowest BCUT2D eigenvalue weighted by Gasteiger charge is -2.12. The number of nitrogens with zero attached hydrogens (tertiary/aromatic N) is 3. The van der Waals surface area contributed by atoms with Crippen LogP contribution in [0.1, 0.15) is 16.8 Å². The summed E-state index contributed by atoms with van der Waals surface area (Å²) in [5.41, 5.74) is 9.27. The molecule has 0 radical (unpaired) electrons. The van der Waals surface area contributed by atoms with Crippen LogP contribution in [0.5, 0.6) is 0 Å². The third-order valence-corrected chi connectivity index (χ3v) is 6.82. The number of allylic oxidation sites excluding steroid dienone is 1. The van der Waals surface area contributed by atoms with E-state index in [1.807, 2.05) is 29.7 Å². The number of hydrogen-bond acceptors (Lipinski definition) is 4. The molecule has 2 aromatic heterocycles. The molecule has 29 heavy (non-hydrogen) atoms. The smallest absolute Gasteiger partial charge is 0.242 e. The van der Waals surface area contributed by atoms with Crippen molar-refractivity contribution in [1.82, 2.24) is 13.9 Å². The van der Waals surface area contributed by atoms with Gasteiger partial charge in [0.25, 0.3) is 0 Å². The van der Waals surface area contributed by atoms with Gasteiger partial charge in [-0.05, 0) is 48.7 Å². The summed E-state index contributed by atoms with van der Waals surface area (Å²) in [5, 5.41) is 0.954. The molecule has 0 unspecified atom stereocenters. The second kappa shape index (κ2) is 8.44. The maximum absolute atomic E-state index is 14.1. The average molecular weight is 417 g/mol. The molecule has 0 bridgehead atoms. The standard InChI is InChI=1S/C21H25FN4O2S/c1-15-19(12-16-4-6-18(7-5-16)29(27,28)25(2)3)20-13-24-11-9-21(20)26(15)14-17(22)8-10-23/h4-9,11,13H,10,12,14,23H2,1-3H3/b17-8-. The van der Waals surface area contributed by atoms with E-state index in [1.165, 1.54) is 24.5 Å². The molecule has 3 aromatic rings. The molecule has 0 amide bonds. The van der Waals surface area contributed by atoms with Crippen LogP contribution in [0, 0.1) is 6.92 Å². The Morgan fingerprint density at radius 2 is 1.93 bits per heavy atom. The number of fused-ring (bicyclic) bond motifs is 1. The topological polar surface area (TPSA) is 81.2 Å². The van der Waals surface area contributed by atoms with Crippen molar-refractivity contribution in [3.63, 3.8) is 0 Å². The Kier molecular flexibility index (Phi) is 6.16. The van der Waals surface area contributed by atoms with Gasteiger partial charge >= 0.3 is 0 Å². The third-order valence-electron chi connectivity index (χ3n) is 4.99. The van der Waals surface area contributed by atoms with Gasteiger partial charge in [-0.3, -0.25) is 4.98 Å². The molecular formula is C21H25FN4O2S. The minimum absolute atomic E-state index is 0.115. The van der Waals surface area contributed by atoms with E-state index >= 15 is 0 Å². The summed E-state index contributed by atoms with van der Waals surface area (Å²) in [6, 6.07) is 8.71. The van der Waals surface area contributed by atoms with Gasteiger partial charge in [-0.15, -0.1) is 0 Å². The second-order valence-corrected chi connectivity index (χ2v) is 9.19. The van der Waals surface area contributed by atoms with E-state index in [4.69, 9.17) is 5.73 Å². The van der Waals surface area contributed by atoms with E-state index < -0.39 is 10.0 Å². The maximum atomic E-state index is 14.1. The van der Waals surface area contributed by atoms with Gasteiger partial charge in [0.05, 0.1) is 17.0 Å². The number of nitrogens with two attached hydrogens (primary N) is 1. The highest BCUT2D eigenvalue weighted by Gasteiger charge is 2.18. The number of benzene rings is 1. The molecule has 8 heteroatoms. The van der Waals surface area contributed by atoms with Gasteiger partial charge in [-0.1, -0.05) is 12.1 Å². The van der Waals surface area contributed by atoms with Crippen LogP contribution in [-0.2, 0) is 23.0 Å². The summed E-state index contributed by atoms with van der Waals surface area (Å²) in [6.45, 7) is 2.22. The molecular weight excluding hydrogens is 391 g/mol. The van der Waals surface area contributed by atoms with Crippen LogP contribution in [0.2, 0.25) is 0 Å². The normalized spacial score (nSPS) is 12.8. The van der Waals surface area contributed by atoms with Crippen molar-refractivity contribution in [2.24, 2.45) is 5.73 Å². The fourth-order valence-electron chi connectivity index (χ4n) is 3.36. The van der Waals surface area contributed by atoms with Gasteiger partial charge < -0.3 is 10.3 Å². The van der Waals surface area contributed by atoms with Gasteiger partial charge in [-0.2, -0.15) is 0 Å². The van der Waals surface area contributed by atoms with E-state index in [0.717, 1.165) is 27.7 Å². The van der Waals surface area contributed by atoms with Crippen molar-refractivity contribution in [1.29, 1.82) is 0 Å². The first-order valence-electron chi connectivity index (χ1n) is 9.23. The van der Waals surface area contributed by atoms with Crippen LogP contribution in [0.15, 0.2) is 59.5 Å². The second-order valence-electron chi connectivity index (χ2n) is 7.04. The third kappa shape index (κ3) is 4.24. The SMILES string of the molecule is Cc1c(Cc2ccc(S(=O)(=O)N(C)C)cc2)c2cnccc2n1C/C(F)=C/CN. The van der Waals surface area contributed by atoms with Crippen molar-refractivity contribution in [2.45, 2.75) is 24.8 Å². The highest BCUT2D eigenvalue weighted by Crippen LogP contribution is 2.28. The first kappa shape index (κ1) is 21.2. The number of rotatable bonds is 7. The monoisotopic (exact) mass is 416 g/mol. The van der Waals surface area contributed by atoms with Crippen molar-refractivity contribution in [2.75, 3.05) is 20.6 Å². The summed E-state index contributed by atoms with van der Waals surface area (Å²) in [5.74, 6) is -0.283. The zero-order valence-corrected chi connectivity index (χ0v) is 17.6. The summed E-state index contributed by atoms with van der Waals surface area (Å²) < 4.78 is 41.8. The van der Waals surface area contributed by atoms with Crippen LogP contribution in [0.4, 0.5) is 4.39 Å². The lowest BCUT2D eigenvalue weighted by atomic mass is 10.0. The van der Waals surface area contributed by atoms with Crippen LogP contribution < -0.4 is 5.73 Å². The first-order valence-corrected chi connectivity index (χ1v) is 10.7. The van der Waals surface area contributed by atoms with Crippen LogP contribution in [0.25, 0.3) is 10.9 Å². The molecule has 2 heterocycles. The number of sulfonamides is 1. The van der Waals surface area contributed by atoms with E-state index in [0.29, 0.717) is 6.42 Å². The Balaban J connectivity index is 1.99. The molecule has 154 valence electrons. The molecule has 0 fully saturated rings. The number of aromatic nitrogens is 2. The van der Waals surface area contributed by atoms with Gasteiger partial charge in [0.1, 0.15) is 5.83 Å². The van der Waals surface area contributed by atoms with Crippen LogP contribution in [0.3, 0.4) is 0 Å². The van der Waals surface area contributed by atoms with E-state index in [-0.39, 0.29) is 23.8 Å². The molecule has 0 aliphatic heterocycles. The lowest BCUT2D eigenvalue weighted by molar-refractivity contribution is 0.520. The maximum Gasteiger partial charge on any atom is 0.242 e. The fourth-order valence-corrected chi connectivity index (χ4v) is 4.26. The molecule has 0 aliphatic carbocycles. The minimum atomic E-state index is -3.46. The summed E-state index contributed by atoms with van der Waals surface area (Å²) in [6.07, 6.45) is 5.43. The van der Waals surface area contributed by atoms with Gasteiger partial charge in [0, 0.05) is 44.1 Å². The van der Waals surface area contributed by atoms with Gasteiger partial charge in [0.2, 0.25) is 10.0 Å². The van der Waals surface area contributed by atoms with Crippen molar-refractivity contribution in [3.05, 3.63) is 71.4 Å². The Labute approximate surface area is 170 Å². The molecule has 0 atom stereocenters. The molecule has 1 aromatic carbocycles. The van der Waals surface area contributed by atoms with Gasteiger partial charge in [-0.25, -0.2) is 17.1 Å². The number of halogens is 1. The molecule has 2 N–H and O–H groups in total. The van der Waals surface area contributed by atoms with Crippen LogP contribution >= 0.6 is 0 Å². The van der Waals surface area contributed by atoms with Crippen molar-refractivity contribution < 1.29 is 12.8 Å². The van der Waals surface area contributed by atoms with E-state index in [2.05, 4.69) is 4.98 Å². The van der Waals surface area contributed by atoms with Crippen molar-refractivity contribution in [3.8, 4) is 0 Å². The summed E-state index contributed by atoms with van der Waals surface area (Å²) in [7, 11) is -0.450. The minimum Gasteiger partial charge on any atom is -0.338 e. The zero-order valence-electron chi connectivity index (χ0n) is 16.8. The Morgan fingerprint density at radius 1 is 1.24 bits per heavy atom. The summed E-state index contributed by atoms with van der Waals surface area (Å²) in [4.78, 5) is 4.48. The van der Waals surface area contributed by atoms with Gasteiger partial charge in [0.15, 0.2) is 0 Å². The zero-order chi connectivity index (χ0) is 21.2. The molecule has 3 rings (SSSR count). The Morgan fingerprint density at radius 3 is 2.55 bits per heavy atom.